The average molecular weight is 291 g/mol. The number of nitrogens with one attached hydrogen (secondary N) is 1. The number of carboxylic acid groups (broad SMARTS) is 1. The van der Waals surface area contributed by atoms with Crippen molar-refractivity contribution in [3.63, 3.8) is 0 Å². The van der Waals surface area contributed by atoms with Crippen LogP contribution in [0.1, 0.15) is 27.1 Å². The molecule has 2 atom stereocenters. The number of rotatable bonds is 5. The lowest BCUT2D eigenvalue weighted by Gasteiger charge is -2.08. The first-order valence-electron chi connectivity index (χ1n) is 6.08. The molecule has 0 unspecified atom stereocenters. The third-order valence-corrected chi connectivity index (χ3v) is 3.21. The lowest BCUT2D eigenvalue weighted by Crippen LogP contribution is -2.19. The summed E-state index contributed by atoms with van der Waals surface area (Å²) in [6, 6.07) is 3.81. The molecular formula is C13H13N3O5. The molecule has 1 aliphatic rings. The summed E-state index contributed by atoms with van der Waals surface area (Å²) < 4.78 is 0. The number of carbonyl (C=O) groups is 4. The molecule has 2 rings (SSSR count). The first kappa shape index (κ1) is 14.5. The van der Waals surface area contributed by atoms with Gasteiger partial charge < -0.3 is 21.9 Å². The highest BCUT2D eigenvalue weighted by molar-refractivity contribution is 6.03. The Morgan fingerprint density at radius 2 is 1.52 bits per heavy atom. The lowest BCUT2D eigenvalue weighted by molar-refractivity contribution is -0.139. The smallest absolute Gasteiger partial charge is 0.307 e. The number of amides is 3. The van der Waals surface area contributed by atoms with E-state index in [1.54, 1.807) is 0 Å². The number of carbonyl (C=O) groups excluding carboxylic acids is 3. The van der Waals surface area contributed by atoms with Crippen molar-refractivity contribution in [1.29, 1.82) is 0 Å². The summed E-state index contributed by atoms with van der Waals surface area (Å²) in [6.07, 6.45) is 0.263. The molecular weight excluding hydrogens is 278 g/mol. The molecule has 0 aliphatic heterocycles. The summed E-state index contributed by atoms with van der Waals surface area (Å²) in [4.78, 5) is 44.9. The number of anilines is 1. The highest BCUT2D eigenvalue weighted by Crippen LogP contribution is 2.39. The zero-order valence-electron chi connectivity index (χ0n) is 10.8. The molecule has 0 bridgehead atoms. The van der Waals surface area contributed by atoms with Crippen LogP contribution in [0.5, 0.6) is 0 Å². The van der Waals surface area contributed by atoms with Crippen molar-refractivity contribution in [2.24, 2.45) is 23.3 Å². The van der Waals surface area contributed by atoms with E-state index in [4.69, 9.17) is 16.6 Å². The van der Waals surface area contributed by atoms with Crippen molar-refractivity contribution in [2.75, 3.05) is 5.32 Å². The topological polar surface area (TPSA) is 153 Å². The van der Waals surface area contributed by atoms with E-state index in [0.717, 1.165) is 0 Å². The van der Waals surface area contributed by atoms with Gasteiger partial charge in [0.25, 0.3) is 0 Å². The summed E-state index contributed by atoms with van der Waals surface area (Å²) in [5, 5.41) is 11.2. The fraction of sp³-hybridized carbons (Fsp3) is 0.231. The van der Waals surface area contributed by atoms with E-state index in [1.165, 1.54) is 18.2 Å². The van der Waals surface area contributed by atoms with E-state index < -0.39 is 35.5 Å². The van der Waals surface area contributed by atoms with Gasteiger partial charge in [-0.3, -0.25) is 19.2 Å². The van der Waals surface area contributed by atoms with Gasteiger partial charge in [0, 0.05) is 16.8 Å². The SMILES string of the molecule is NC(=O)c1cc(NC(=O)[C@@H]2C[C@@H]2C(=O)O)cc(C(N)=O)c1. The Balaban J connectivity index is 2.20. The van der Waals surface area contributed by atoms with Crippen LogP contribution in [0.3, 0.4) is 0 Å². The molecule has 0 heterocycles. The molecule has 8 nitrogen and oxygen atoms in total. The van der Waals surface area contributed by atoms with E-state index in [9.17, 15) is 19.2 Å². The van der Waals surface area contributed by atoms with E-state index in [-0.39, 0.29) is 23.2 Å². The second-order valence-electron chi connectivity index (χ2n) is 4.80. The van der Waals surface area contributed by atoms with E-state index in [0.29, 0.717) is 0 Å². The number of primary amides is 2. The van der Waals surface area contributed by atoms with Crippen LogP contribution in [0.25, 0.3) is 0 Å². The van der Waals surface area contributed by atoms with Gasteiger partial charge in [-0.25, -0.2) is 0 Å². The molecule has 0 radical (unpaired) electrons. The molecule has 21 heavy (non-hydrogen) atoms. The maximum Gasteiger partial charge on any atom is 0.307 e. The molecule has 1 aromatic rings. The molecule has 3 amide bonds. The summed E-state index contributed by atoms with van der Waals surface area (Å²) in [6.45, 7) is 0. The van der Waals surface area contributed by atoms with E-state index in [2.05, 4.69) is 5.32 Å². The zero-order valence-corrected chi connectivity index (χ0v) is 10.8. The van der Waals surface area contributed by atoms with E-state index in [1.807, 2.05) is 0 Å². The largest absolute Gasteiger partial charge is 0.481 e. The van der Waals surface area contributed by atoms with Crippen molar-refractivity contribution >= 4 is 29.4 Å². The van der Waals surface area contributed by atoms with Gasteiger partial charge in [0.2, 0.25) is 17.7 Å². The molecule has 8 heteroatoms. The van der Waals surface area contributed by atoms with Crippen molar-refractivity contribution in [2.45, 2.75) is 6.42 Å². The standard InChI is InChI=1S/C13H13N3O5/c14-10(17)5-1-6(11(15)18)3-7(2-5)16-12(19)8-4-9(8)13(20)21/h1-3,8-9H,4H2,(H2,14,17)(H2,15,18)(H,16,19)(H,20,21)/t8-,9+/m1/s1. The van der Waals surface area contributed by atoms with Crippen LogP contribution < -0.4 is 16.8 Å². The van der Waals surface area contributed by atoms with Gasteiger partial charge in [-0.05, 0) is 24.6 Å². The number of hydrogen-bond donors (Lipinski definition) is 4. The Labute approximate surface area is 119 Å². The fourth-order valence-corrected chi connectivity index (χ4v) is 1.98. The van der Waals surface area contributed by atoms with Gasteiger partial charge in [0.05, 0.1) is 11.8 Å². The molecule has 0 spiro atoms. The Morgan fingerprint density at radius 3 is 1.90 bits per heavy atom. The van der Waals surface area contributed by atoms with Crippen LogP contribution in [0.15, 0.2) is 18.2 Å². The maximum atomic E-state index is 11.8. The number of nitrogens with two attached hydrogens (primary N) is 2. The molecule has 6 N–H and O–H groups in total. The Hall–Kier alpha value is -2.90. The van der Waals surface area contributed by atoms with Crippen LogP contribution in [-0.2, 0) is 9.59 Å². The Morgan fingerprint density at radius 1 is 1.00 bits per heavy atom. The minimum absolute atomic E-state index is 0.0205. The highest BCUT2D eigenvalue weighted by atomic mass is 16.4. The average Bonchev–Trinajstić information content (AvgIpc) is 3.18. The van der Waals surface area contributed by atoms with Crippen LogP contribution in [-0.4, -0.2) is 28.8 Å². The van der Waals surface area contributed by atoms with E-state index >= 15 is 0 Å². The molecule has 1 saturated carbocycles. The fourth-order valence-electron chi connectivity index (χ4n) is 1.98. The molecule has 1 aromatic carbocycles. The van der Waals surface area contributed by atoms with Crippen molar-refractivity contribution in [1.82, 2.24) is 0 Å². The minimum atomic E-state index is -1.03. The second kappa shape index (κ2) is 5.23. The normalized spacial score (nSPS) is 19.6. The van der Waals surface area contributed by atoms with Crippen molar-refractivity contribution in [3.05, 3.63) is 29.3 Å². The summed E-state index contributed by atoms with van der Waals surface area (Å²) in [5.74, 6) is -4.37. The van der Waals surface area contributed by atoms with Crippen LogP contribution in [0.4, 0.5) is 5.69 Å². The van der Waals surface area contributed by atoms with Gasteiger partial charge in [-0.1, -0.05) is 0 Å². The summed E-state index contributed by atoms with van der Waals surface area (Å²) in [5.41, 5.74) is 10.5. The van der Waals surface area contributed by atoms with Crippen LogP contribution in [0.2, 0.25) is 0 Å². The number of aliphatic carboxylic acids is 1. The third kappa shape index (κ3) is 3.16. The van der Waals surface area contributed by atoms with Gasteiger partial charge in [-0.2, -0.15) is 0 Å². The van der Waals surface area contributed by atoms with Crippen LogP contribution in [0, 0.1) is 11.8 Å². The first-order chi connectivity index (χ1) is 9.79. The summed E-state index contributed by atoms with van der Waals surface area (Å²) in [7, 11) is 0. The lowest BCUT2D eigenvalue weighted by atomic mass is 10.1. The quantitative estimate of drug-likeness (QED) is 0.578. The first-order valence-corrected chi connectivity index (χ1v) is 6.08. The molecule has 1 fully saturated rings. The molecule has 110 valence electrons. The Kier molecular flexibility index (Phi) is 3.62. The van der Waals surface area contributed by atoms with Gasteiger partial charge in [0.15, 0.2) is 0 Å². The van der Waals surface area contributed by atoms with Gasteiger partial charge in [0.1, 0.15) is 0 Å². The number of benzene rings is 1. The van der Waals surface area contributed by atoms with Crippen LogP contribution >= 0.6 is 0 Å². The predicted octanol–water partition coefficient (Wildman–Crippen LogP) is -0.456. The Bertz CT molecular complexity index is 623. The molecule has 1 aliphatic carbocycles. The minimum Gasteiger partial charge on any atom is -0.481 e. The van der Waals surface area contributed by atoms with Crippen molar-refractivity contribution in [3.8, 4) is 0 Å². The number of carboxylic acids is 1. The third-order valence-electron chi connectivity index (χ3n) is 3.21. The van der Waals surface area contributed by atoms with Gasteiger partial charge >= 0.3 is 5.97 Å². The van der Waals surface area contributed by atoms with Crippen molar-refractivity contribution < 1.29 is 24.3 Å². The summed E-state index contributed by atoms with van der Waals surface area (Å²) >= 11 is 0. The monoisotopic (exact) mass is 291 g/mol. The number of hydrogen-bond acceptors (Lipinski definition) is 4. The molecule has 0 saturated heterocycles. The zero-order chi connectivity index (χ0) is 15.7. The second-order valence-corrected chi connectivity index (χ2v) is 4.80. The van der Waals surface area contributed by atoms with Gasteiger partial charge in [-0.15, -0.1) is 0 Å². The maximum absolute atomic E-state index is 11.8. The molecule has 0 aromatic heterocycles. The highest BCUT2D eigenvalue weighted by Gasteiger charge is 2.48. The predicted molar refractivity (Wildman–Crippen MR) is 71.3 cm³/mol.